The summed E-state index contributed by atoms with van der Waals surface area (Å²) < 4.78 is 7.21. The molecule has 0 saturated carbocycles. The zero-order valence-electron chi connectivity index (χ0n) is 18.3. The molecular weight excluding hydrogens is 458 g/mol. The second kappa shape index (κ2) is 10.1. The first-order chi connectivity index (χ1) is 16.0. The number of halogens is 1. The van der Waals surface area contributed by atoms with E-state index in [0.29, 0.717) is 21.7 Å². The van der Waals surface area contributed by atoms with Crippen molar-refractivity contribution in [2.45, 2.75) is 24.3 Å². The normalized spacial score (nSPS) is 11.8. The molecule has 4 rings (SSSR count). The van der Waals surface area contributed by atoms with Crippen molar-refractivity contribution in [2.75, 3.05) is 12.4 Å². The summed E-state index contributed by atoms with van der Waals surface area (Å²) in [6.45, 7) is 3.70. The molecule has 1 atom stereocenters. The van der Waals surface area contributed by atoms with Crippen LogP contribution in [0.3, 0.4) is 0 Å². The fourth-order valence-electron chi connectivity index (χ4n) is 3.19. The van der Waals surface area contributed by atoms with Gasteiger partial charge in [-0.2, -0.15) is 0 Å². The number of amides is 1. The van der Waals surface area contributed by atoms with E-state index < -0.39 is 5.25 Å². The van der Waals surface area contributed by atoms with Crippen LogP contribution in [0.1, 0.15) is 12.5 Å². The standard InChI is InChI=1S/C24H22ClN5O2S/c1-15-20(25)5-4-6-21(15)27-23(31)16(2)33-24-29-28-22(17-11-13-26-14-12-17)30(24)18-7-9-19(32-3)10-8-18/h4-14,16H,1-3H3,(H,27,31). The Morgan fingerprint density at radius 2 is 1.82 bits per heavy atom. The lowest BCUT2D eigenvalue weighted by atomic mass is 10.2. The smallest absolute Gasteiger partial charge is 0.237 e. The van der Waals surface area contributed by atoms with Crippen LogP contribution in [0.4, 0.5) is 5.69 Å². The third-order valence-electron chi connectivity index (χ3n) is 5.08. The molecule has 4 aromatic rings. The first-order valence-corrected chi connectivity index (χ1v) is 11.5. The number of rotatable bonds is 7. The van der Waals surface area contributed by atoms with Gasteiger partial charge in [-0.15, -0.1) is 10.2 Å². The molecule has 2 heterocycles. The average molecular weight is 480 g/mol. The molecule has 0 aliphatic rings. The highest BCUT2D eigenvalue weighted by atomic mass is 35.5. The molecule has 0 spiro atoms. The Bertz CT molecular complexity index is 1260. The second-order valence-electron chi connectivity index (χ2n) is 7.24. The Hall–Kier alpha value is -3.36. The number of nitrogens with one attached hydrogen (secondary N) is 1. The van der Waals surface area contributed by atoms with Crippen LogP contribution in [-0.2, 0) is 4.79 Å². The van der Waals surface area contributed by atoms with Crippen LogP contribution < -0.4 is 10.1 Å². The van der Waals surface area contributed by atoms with Crippen molar-refractivity contribution in [3.8, 4) is 22.8 Å². The molecule has 0 aliphatic carbocycles. The monoisotopic (exact) mass is 479 g/mol. The maximum atomic E-state index is 12.9. The number of ether oxygens (including phenoxy) is 1. The molecule has 1 unspecified atom stereocenters. The molecule has 0 saturated heterocycles. The van der Waals surface area contributed by atoms with Gasteiger partial charge >= 0.3 is 0 Å². The van der Waals surface area contributed by atoms with Gasteiger partial charge in [-0.1, -0.05) is 29.4 Å². The van der Waals surface area contributed by atoms with Crippen molar-refractivity contribution in [2.24, 2.45) is 0 Å². The molecule has 2 aromatic heterocycles. The summed E-state index contributed by atoms with van der Waals surface area (Å²) in [5.41, 5.74) is 3.24. The Labute approximate surface area is 201 Å². The van der Waals surface area contributed by atoms with Crippen LogP contribution in [0.25, 0.3) is 17.1 Å². The molecule has 0 radical (unpaired) electrons. The van der Waals surface area contributed by atoms with Gasteiger partial charge in [-0.25, -0.2) is 0 Å². The van der Waals surface area contributed by atoms with E-state index in [9.17, 15) is 4.79 Å². The van der Waals surface area contributed by atoms with Crippen molar-refractivity contribution in [1.29, 1.82) is 0 Å². The Morgan fingerprint density at radius 1 is 1.09 bits per heavy atom. The summed E-state index contributed by atoms with van der Waals surface area (Å²) in [6.07, 6.45) is 3.41. The van der Waals surface area contributed by atoms with E-state index in [1.807, 2.05) is 66.9 Å². The number of benzene rings is 2. The highest BCUT2D eigenvalue weighted by molar-refractivity contribution is 8.00. The van der Waals surface area contributed by atoms with Crippen molar-refractivity contribution < 1.29 is 9.53 Å². The first kappa shape index (κ1) is 22.8. The quantitative estimate of drug-likeness (QED) is 0.356. The fraction of sp³-hybridized carbons (Fsp3) is 0.167. The summed E-state index contributed by atoms with van der Waals surface area (Å²) in [5.74, 6) is 1.25. The second-order valence-corrected chi connectivity index (χ2v) is 8.95. The molecule has 1 amide bonds. The van der Waals surface area contributed by atoms with Crippen LogP contribution in [0.15, 0.2) is 72.1 Å². The lowest BCUT2D eigenvalue weighted by Crippen LogP contribution is -2.23. The van der Waals surface area contributed by atoms with E-state index in [-0.39, 0.29) is 5.91 Å². The van der Waals surface area contributed by atoms with Crippen molar-refractivity contribution in [3.05, 3.63) is 77.6 Å². The molecular formula is C24H22ClN5O2S. The fourth-order valence-corrected chi connectivity index (χ4v) is 4.23. The Kier molecular flexibility index (Phi) is 6.96. The largest absolute Gasteiger partial charge is 0.497 e. The van der Waals surface area contributed by atoms with Gasteiger partial charge in [0.05, 0.1) is 12.4 Å². The zero-order chi connectivity index (χ0) is 23.4. The minimum Gasteiger partial charge on any atom is -0.497 e. The zero-order valence-corrected chi connectivity index (χ0v) is 19.9. The summed E-state index contributed by atoms with van der Waals surface area (Å²) in [7, 11) is 1.62. The number of anilines is 1. The van der Waals surface area contributed by atoms with Gasteiger partial charge in [0.1, 0.15) is 5.75 Å². The van der Waals surface area contributed by atoms with Gasteiger partial charge in [-0.05, 0) is 67.9 Å². The third kappa shape index (κ3) is 5.02. The molecule has 0 bridgehead atoms. The van der Waals surface area contributed by atoms with E-state index in [1.165, 1.54) is 11.8 Å². The van der Waals surface area contributed by atoms with Crippen LogP contribution in [0.2, 0.25) is 5.02 Å². The number of pyridine rings is 1. The van der Waals surface area contributed by atoms with Gasteiger partial charge in [0, 0.05) is 34.4 Å². The number of aromatic nitrogens is 4. The third-order valence-corrected chi connectivity index (χ3v) is 6.53. The Morgan fingerprint density at radius 3 is 2.52 bits per heavy atom. The molecule has 0 aliphatic heterocycles. The lowest BCUT2D eigenvalue weighted by molar-refractivity contribution is -0.115. The summed E-state index contributed by atoms with van der Waals surface area (Å²) in [6, 6.07) is 16.8. The van der Waals surface area contributed by atoms with Gasteiger partial charge < -0.3 is 10.1 Å². The molecule has 168 valence electrons. The number of hydrogen-bond acceptors (Lipinski definition) is 6. The predicted molar refractivity (Wildman–Crippen MR) is 131 cm³/mol. The number of thioether (sulfide) groups is 1. The minimum absolute atomic E-state index is 0.153. The van der Waals surface area contributed by atoms with Crippen LogP contribution in [0.5, 0.6) is 5.75 Å². The topological polar surface area (TPSA) is 81.9 Å². The lowest BCUT2D eigenvalue weighted by Gasteiger charge is -2.15. The SMILES string of the molecule is COc1ccc(-n2c(SC(C)C(=O)Nc3cccc(Cl)c3C)nnc2-c2ccncc2)cc1. The van der Waals surface area contributed by atoms with Crippen LogP contribution in [-0.4, -0.2) is 38.0 Å². The van der Waals surface area contributed by atoms with Gasteiger partial charge in [0.25, 0.3) is 0 Å². The molecule has 7 nitrogen and oxygen atoms in total. The molecule has 33 heavy (non-hydrogen) atoms. The van der Waals surface area contributed by atoms with E-state index in [2.05, 4.69) is 20.5 Å². The van der Waals surface area contributed by atoms with E-state index in [1.54, 1.807) is 25.6 Å². The van der Waals surface area contributed by atoms with Crippen molar-refractivity contribution in [1.82, 2.24) is 19.7 Å². The molecule has 9 heteroatoms. The molecule has 2 aromatic carbocycles. The first-order valence-electron chi connectivity index (χ1n) is 10.2. The highest BCUT2D eigenvalue weighted by Gasteiger charge is 2.22. The number of nitrogens with zero attached hydrogens (tertiary/aromatic N) is 4. The summed E-state index contributed by atoms with van der Waals surface area (Å²) >= 11 is 7.51. The predicted octanol–water partition coefficient (Wildman–Crippen LogP) is 5.42. The maximum Gasteiger partial charge on any atom is 0.237 e. The average Bonchev–Trinajstić information content (AvgIpc) is 3.26. The van der Waals surface area contributed by atoms with Crippen molar-refractivity contribution in [3.63, 3.8) is 0 Å². The van der Waals surface area contributed by atoms with Crippen molar-refractivity contribution >= 4 is 35.0 Å². The van der Waals surface area contributed by atoms with Gasteiger partial charge in [-0.3, -0.25) is 14.3 Å². The Balaban J connectivity index is 1.64. The van der Waals surface area contributed by atoms with Crippen LogP contribution >= 0.6 is 23.4 Å². The van der Waals surface area contributed by atoms with Gasteiger partial charge in [0.15, 0.2) is 11.0 Å². The van der Waals surface area contributed by atoms with E-state index >= 15 is 0 Å². The number of carbonyl (C=O) groups is 1. The number of hydrogen-bond donors (Lipinski definition) is 1. The highest BCUT2D eigenvalue weighted by Crippen LogP contribution is 2.31. The summed E-state index contributed by atoms with van der Waals surface area (Å²) in [4.78, 5) is 17.0. The van der Waals surface area contributed by atoms with Gasteiger partial charge in [0.2, 0.25) is 5.91 Å². The minimum atomic E-state index is -0.435. The molecule has 0 fully saturated rings. The number of carbonyl (C=O) groups excluding carboxylic acids is 1. The maximum absolute atomic E-state index is 12.9. The van der Waals surface area contributed by atoms with Crippen LogP contribution in [0, 0.1) is 6.92 Å². The number of methoxy groups -OCH3 is 1. The molecule has 1 N–H and O–H groups in total. The van der Waals surface area contributed by atoms with E-state index in [4.69, 9.17) is 16.3 Å². The summed E-state index contributed by atoms with van der Waals surface area (Å²) in [5, 5.41) is 12.5. The van der Waals surface area contributed by atoms with E-state index in [0.717, 1.165) is 22.6 Å².